The quantitative estimate of drug-likeness (QED) is 0.107. The minimum absolute atomic E-state index is 1.18. The smallest absolute Gasteiger partial charge is 0.0181 e. The van der Waals surface area contributed by atoms with E-state index in [9.17, 15) is 0 Å². The topological polar surface area (TPSA) is 0 Å². The summed E-state index contributed by atoms with van der Waals surface area (Å²) >= 11 is 0. The fourth-order valence-corrected chi connectivity index (χ4v) is 6.63. The van der Waals surface area contributed by atoms with Gasteiger partial charge in [-0.25, -0.2) is 0 Å². The van der Waals surface area contributed by atoms with Gasteiger partial charge in [0, 0.05) is 0 Å². The molecule has 0 saturated heterocycles. The van der Waals surface area contributed by atoms with Crippen LogP contribution in [0.3, 0.4) is 0 Å². The predicted molar refractivity (Wildman–Crippen MR) is 204 cm³/mol. The van der Waals surface area contributed by atoms with E-state index in [0.717, 1.165) is 0 Å². The van der Waals surface area contributed by atoms with Crippen molar-refractivity contribution >= 4 is 0 Å². The highest BCUT2D eigenvalue weighted by molar-refractivity contribution is 5.72. The maximum absolute atomic E-state index is 2.32. The normalized spacial score (nSPS) is 11.1. The molecule has 0 nitrogen and oxygen atoms in total. The van der Waals surface area contributed by atoms with Gasteiger partial charge in [-0.3, -0.25) is 0 Å². The molecule has 0 fully saturated rings. The minimum Gasteiger partial charge on any atom is -0.0614 e. The summed E-state index contributed by atoms with van der Waals surface area (Å²) < 4.78 is 0. The Labute approximate surface area is 283 Å². The Morgan fingerprint density at radius 3 is 0.872 bits per heavy atom. The van der Waals surface area contributed by atoms with E-state index in [-0.39, 0.29) is 0 Å². The number of hydrogen-bond donors (Lipinski definition) is 0. The van der Waals surface area contributed by atoms with Crippen molar-refractivity contribution in [2.45, 2.75) is 71.6 Å². The molecule has 47 heavy (non-hydrogen) atoms. The average molecular weight is 613 g/mol. The van der Waals surface area contributed by atoms with Gasteiger partial charge in [-0.2, -0.15) is 0 Å². The molecule has 0 radical (unpaired) electrons. The van der Waals surface area contributed by atoms with Crippen molar-refractivity contribution < 1.29 is 0 Å². The summed E-state index contributed by atoms with van der Waals surface area (Å²) in [5.74, 6) is 0. The summed E-state index contributed by atoms with van der Waals surface area (Å²) in [5.41, 5.74) is 15.8. The third kappa shape index (κ3) is 9.20. The van der Waals surface area contributed by atoms with Crippen LogP contribution in [0.25, 0.3) is 44.5 Å². The molecule has 0 aromatic heterocycles. The fourth-order valence-electron chi connectivity index (χ4n) is 6.63. The summed E-state index contributed by atoms with van der Waals surface area (Å²) in [6.07, 6.45) is 11.6. The zero-order valence-electron chi connectivity index (χ0n) is 28.2. The van der Waals surface area contributed by atoms with E-state index in [0.29, 0.717) is 0 Å². The van der Waals surface area contributed by atoms with Gasteiger partial charge in [0.25, 0.3) is 0 Å². The first-order chi connectivity index (χ1) is 23.1. The SMILES string of the molecule is Cc1cccc(-c2ccc(-c3ccc(CCCCCCCCCc4ccc(-c5ccc(-c6cccc(C)c6)cc5)cc4)cc3)cc2)c1. The Hall–Kier alpha value is -4.68. The van der Waals surface area contributed by atoms with Crippen molar-refractivity contribution in [1.82, 2.24) is 0 Å². The lowest BCUT2D eigenvalue weighted by molar-refractivity contribution is 0.579. The molecule has 0 amide bonds. The van der Waals surface area contributed by atoms with Crippen LogP contribution < -0.4 is 0 Å². The molecule has 0 bridgehead atoms. The summed E-state index contributed by atoms with van der Waals surface area (Å²) in [5, 5.41) is 0. The van der Waals surface area contributed by atoms with Gasteiger partial charge in [0.15, 0.2) is 0 Å². The summed E-state index contributed by atoms with van der Waals surface area (Å²) in [6, 6.07) is 53.8. The molecule has 0 spiro atoms. The van der Waals surface area contributed by atoms with Crippen LogP contribution in [0.2, 0.25) is 0 Å². The zero-order valence-corrected chi connectivity index (χ0v) is 28.2. The second-order valence-electron chi connectivity index (χ2n) is 13.3. The minimum atomic E-state index is 1.18. The van der Waals surface area contributed by atoms with Crippen LogP contribution in [0.15, 0.2) is 146 Å². The van der Waals surface area contributed by atoms with Crippen LogP contribution in [0.4, 0.5) is 0 Å². The highest BCUT2D eigenvalue weighted by Crippen LogP contribution is 2.28. The van der Waals surface area contributed by atoms with Crippen LogP contribution in [0.1, 0.15) is 67.2 Å². The van der Waals surface area contributed by atoms with E-state index in [2.05, 4.69) is 159 Å². The largest absolute Gasteiger partial charge is 0.0614 e. The lowest BCUT2D eigenvalue weighted by Crippen LogP contribution is -1.89. The van der Waals surface area contributed by atoms with E-state index >= 15 is 0 Å². The second kappa shape index (κ2) is 16.2. The van der Waals surface area contributed by atoms with Crippen LogP contribution in [-0.2, 0) is 12.8 Å². The molecule has 0 N–H and O–H groups in total. The number of benzene rings is 6. The molecular weight excluding hydrogens is 565 g/mol. The van der Waals surface area contributed by atoms with Crippen LogP contribution in [0.5, 0.6) is 0 Å². The molecule has 0 atom stereocenters. The fraction of sp³-hybridized carbons (Fsp3) is 0.234. The van der Waals surface area contributed by atoms with Crippen LogP contribution in [-0.4, -0.2) is 0 Å². The number of rotatable bonds is 14. The Morgan fingerprint density at radius 2 is 0.553 bits per heavy atom. The van der Waals surface area contributed by atoms with E-state index < -0.39 is 0 Å². The molecule has 6 rings (SSSR count). The first kappa shape index (κ1) is 32.3. The molecule has 236 valence electrons. The van der Waals surface area contributed by atoms with Gasteiger partial charge < -0.3 is 0 Å². The maximum Gasteiger partial charge on any atom is -0.0181 e. The standard InChI is InChI=1S/C47H48/c1-36-12-10-16-46(34-36)44-30-26-42(27-31-44)40-22-18-38(19-23-40)14-8-6-4-3-5-7-9-15-39-20-24-41(25-21-39)43-28-32-45(33-29-43)47-17-11-13-37(2)35-47/h10-13,16-35H,3-9,14-15H2,1-2H3. The van der Waals surface area contributed by atoms with Crippen LogP contribution in [0, 0.1) is 13.8 Å². The Bertz CT molecular complexity index is 1680. The summed E-state index contributed by atoms with van der Waals surface area (Å²) in [6.45, 7) is 4.30. The zero-order chi connectivity index (χ0) is 32.3. The Balaban J connectivity index is 0.845. The highest BCUT2D eigenvalue weighted by Gasteiger charge is 2.04. The van der Waals surface area contributed by atoms with Crippen molar-refractivity contribution in [3.05, 3.63) is 168 Å². The first-order valence-corrected chi connectivity index (χ1v) is 17.6. The van der Waals surface area contributed by atoms with Gasteiger partial charge in [-0.05, 0) is 95.2 Å². The van der Waals surface area contributed by atoms with Crippen molar-refractivity contribution in [2.75, 3.05) is 0 Å². The first-order valence-electron chi connectivity index (χ1n) is 17.6. The third-order valence-corrected chi connectivity index (χ3v) is 9.48. The number of aryl methyl sites for hydroxylation is 4. The van der Waals surface area contributed by atoms with Crippen molar-refractivity contribution in [3.8, 4) is 44.5 Å². The van der Waals surface area contributed by atoms with E-state index in [4.69, 9.17) is 0 Å². The van der Waals surface area contributed by atoms with Gasteiger partial charge in [-0.15, -0.1) is 0 Å². The second-order valence-corrected chi connectivity index (χ2v) is 13.3. The molecule has 0 aliphatic heterocycles. The molecule has 0 heterocycles. The average Bonchev–Trinajstić information content (AvgIpc) is 3.12. The van der Waals surface area contributed by atoms with Gasteiger partial charge in [0.1, 0.15) is 0 Å². The Kier molecular flexibility index (Phi) is 11.1. The molecule has 0 unspecified atom stereocenters. The predicted octanol–water partition coefficient (Wildman–Crippen LogP) is 13.5. The van der Waals surface area contributed by atoms with Gasteiger partial charge in [-0.1, -0.05) is 189 Å². The third-order valence-electron chi connectivity index (χ3n) is 9.48. The van der Waals surface area contributed by atoms with Crippen molar-refractivity contribution in [3.63, 3.8) is 0 Å². The summed E-state index contributed by atoms with van der Waals surface area (Å²) in [4.78, 5) is 0. The molecule has 6 aromatic rings. The van der Waals surface area contributed by atoms with Crippen LogP contribution >= 0.6 is 0 Å². The number of hydrogen-bond acceptors (Lipinski definition) is 0. The highest BCUT2D eigenvalue weighted by atomic mass is 14.1. The maximum atomic E-state index is 2.32. The van der Waals surface area contributed by atoms with E-state index in [1.54, 1.807) is 0 Å². The molecule has 0 saturated carbocycles. The van der Waals surface area contributed by atoms with E-state index in [1.807, 2.05) is 0 Å². The van der Waals surface area contributed by atoms with Gasteiger partial charge in [0.2, 0.25) is 0 Å². The van der Waals surface area contributed by atoms with E-state index in [1.165, 1.54) is 125 Å². The molecule has 6 aromatic carbocycles. The lowest BCUT2D eigenvalue weighted by Gasteiger charge is -2.08. The van der Waals surface area contributed by atoms with Gasteiger partial charge in [0.05, 0.1) is 0 Å². The van der Waals surface area contributed by atoms with Crippen molar-refractivity contribution in [1.29, 1.82) is 0 Å². The number of unbranched alkanes of at least 4 members (excludes halogenated alkanes) is 6. The van der Waals surface area contributed by atoms with Crippen molar-refractivity contribution in [2.24, 2.45) is 0 Å². The Morgan fingerprint density at radius 1 is 0.277 bits per heavy atom. The summed E-state index contributed by atoms with van der Waals surface area (Å²) in [7, 11) is 0. The molecular formula is C47H48. The molecule has 0 heteroatoms. The monoisotopic (exact) mass is 612 g/mol. The lowest BCUT2D eigenvalue weighted by atomic mass is 9.97. The van der Waals surface area contributed by atoms with Gasteiger partial charge >= 0.3 is 0 Å². The molecule has 0 aliphatic rings. The molecule has 0 aliphatic carbocycles.